The van der Waals surface area contributed by atoms with Crippen molar-refractivity contribution in [2.75, 3.05) is 5.32 Å². The van der Waals surface area contributed by atoms with Crippen LogP contribution in [-0.2, 0) is 19.4 Å². The van der Waals surface area contributed by atoms with Crippen molar-refractivity contribution in [1.82, 2.24) is 9.78 Å². The van der Waals surface area contributed by atoms with Gasteiger partial charge in [-0.2, -0.15) is 10.4 Å². The van der Waals surface area contributed by atoms with Gasteiger partial charge in [-0.05, 0) is 59.0 Å². The van der Waals surface area contributed by atoms with E-state index in [0.717, 1.165) is 24.8 Å². The third-order valence-electron chi connectivity index (χ3n) is 5.08. The van der Waals surface area contributed by atoms with Crippen LogP contribution >= 0.6 is 27.3 Å². The first-order chi connectivity index (χ1) is 12.2. The zero-order valence-electron chi connectivity index (χ0n) is 15.5. The van der Waals surface area contributed by atoms with E-state index < -0.39 is 0 Å². The zero-order chi connectivity index (χ0) is 19.1. The topological polar surface area (TPSA) is 70.7 Å². The van der Waals surface area contributed by atoms with Crippen LogP contribution in [0.3, 0.4) is 0 Å². The van der Waals surface area contributed by atoms with Gasteiger partial charge in [0.2, 0.25) is 0 Å². The number of rotatable bonds is 3. The Bertz CT molecular complexity index is 885. The third-order valence-corrected chi connectivity index (χ3v) is 6.84. The lowest BCUT2D eigenvalue weighted by Crippen LogP contribution is -2.26. The van der Waals surface area contributed by atoms with E-state index in [4.69, 9.17) is 0 Å². The predicted octanol–water partition coefficient (Wildman–Crippen LogP) is 5.00. The van der Waals surface area contributed by atoms with E-state index in [2.05, 4.69) is 53.2 Å². The summed E-state index contributed by atoms with van der Waals surface area (Å²) in [6, 6.07) is 2.30. The summed E-state index contributed by atoms with van der Waals surface area (Å²) in [5.74, 6) is 0.310. The minimum atomic E-state index is -0.286. The Hall–Kier alpha value is -1.65. The molecule has 0 saturated heterocycles. The van der Waals surface area contributed by atoms with Crippen LogP contribution in [0.1, 0.15) is 60.6 Å². The zero-order valence-corrected chi connectivity index (χ0v) is 17.9. The largest absolute Gasteiger partial charge is 0.311 e. The maximum atomic E-state index is 12.6. The van der Waals surface area contributed by atoms with E-state index in [1.165, 1.54) is 4.88 Å². The first-order valence-corrected chi connectivity index (χ1v) is 10.4. The lowest BCUT2D eigenvalue weighted by Gasteiger charge is -2.33. The average Bonchev–Trinajstić information content (AvgIpc) is 3.12. The summed E-state index contributed by atoms with van der Waals surface area (Å²) in [5, 5.41) is 17.5. The summed E-state index contributed by atoms with van der Waals surface area (Å²) < 4.78 is 2.36. The fraction of sp³-hybridized carbons (Fsp3) is 0.526. The number of aromatic nitrogens is 2. The molecule has 7 heteroatoms. The molecule has 2 aromatic heterocycles. The Morgan fingerprint density at radius 2 is 2.27 bits per heavy atom. The highest BCUT2D eigenvalue weighted by Crippen LogP contribution is 2.44. The van der Waals surface area contributed by atoms with Crippen molar-refractivity contribution >= 4 is 38.2 Å². The molecular formula is C19H23BrN4OS. The number of aryl methyl sites for hydroxylation is 1. The van der Waals surface area contributed by atoms with E-state index in [-0.39, 0.29) is 11.3 Å². The van der Waals surface area contributed by atoms with E-state index >= 15 is 0 Å². The van der Waals surface area contributed by atoms with Crippen LogP contribution in [0, 0.1) is 22.7 Å². The Labute approximate surface area is 166 Å². The Kier molecular flexibility index (Phi) is 5.27. The second kappa shape index (κ2) is 7.16. The number of carbonyl (C=O) groups is 1. The highest BCUT2D eigenvalue weighted by molar-refractivity contribution is 9.10. The highest BCUT2D eigenvalue weighted by Gasteiger charge is 2.32. The molecule has 1 N–H and O–H groups in total. The predicted molar refractivity (Wildman–Crippen MR) is 108 cm³/mol. The molecule has 0 aliphatic heterocycles. The van der Waals surface area contributed by atoms with Gasteiger partial charge in [0.05, 0.1) is 10.0 Å². The molecule has 0 spiro atoms. The third kappa shape index (κ3) is 3.58. The number of nitrogens with zero attached hydrogens (tertiary/aromatic N) is 3. The quantitative estimate of drug-likeness (QED) is 0.738. The van der Waals surface area contributed by atoms with Crippen LogP contribution in [0.2, 0.25) is 0 Å². The number of thiophene rings is 1. The standard InChI is InChI=1S/C19H23BrN4OS/c1-5-24-10-14(20)16(23-24)17(25)22-18-13(9-21)12-7-6-11(19(2,3)4)8-15(12)26-18/h10-11H,5-8H2,1-4H3,(H,22,25)/t11-/m0/s1. The van der Waals surface area contributed by atoms with Gasteiger partial charge in [0.1, 0.15) is 11.1 Å². The Balaban J connectivity index is 1.88. The van der Waals surface area contributed by atoms with Crippen LogP contribution in [0.5, 0.6) is 0 Å². The summed E-state index contributed by atoms with van der Waals surface area (Å²) in [6.45, 7) is 9.47. The number of hydrogen-bond donors (Lipinski definition) is 1. The molecule has 1 amide bonds. The molecule has 138 valence electrons. The first kappa shape index (κ1) is 19.1. The van der Waals surface area contributed by atoms with Crippen LogP contribution in [-0.4, -0.2) is 15.7 Å². The number of nitriles is 1. The molecule has 26 heavy (non-hydrogen) atoms. The van der Waals surface area contributed by atoms with Crippen LogP contribution < -0.4 is 5.32 Å². The number of hydrogen-bond acceptors (Lipinski definition) is 4. The fourth-order valence-corrected chi connectivity index (χ4v) is 5.18. The molecule has 1 aliphatic carbocycles. The Morgan fingerprint density at radius 1 is 1.54 bits per heavy atom. The van der Waals surface area contributed by atoms with Gasteiger partial charge < -0.3 is 5.32 Å². The second-order valence-corrected chi connectivity index (χ2v) is 9.72. The summed E-state index contributed by atoms with van der Waals surface area (Å²) in [7, 11) is 0. The van der Waals surface area contributed by atoms with Gasteiger partial charge in [-0.3, -0.25) is 9.48 Å². The smallest absolute Gasteiger partial charge is 0.277 e. The van der Waals surface area contributed by atoms with E-state index in [0.29, 0.717) is 33.2 Å². The van der Waals surface area contributed by atoms with Crippen molar-refractivity contribution in [3.63, 3.8) is 0 Å². The van der Waals surface area contributed by atoms with Crippen molar-refractivity contribution in [3.8, 4) is 6.07 Å². The van der Waals surface area contributed by atoms with Crippen LogP contribution in [0.4, 0.5) is 5.00 Å². The van der Waals surface area contributed by atoms with Crippen molar-refractivity contribution in [2.45, 2.75) is 53.5 Å². The molecule has 2 heterocycles. The van der Waals surface area contributed by atoms with Gasteiger partial charge in [-0.25, -0.2) is 0 Å². The molecule has 0 unspecified atom stereocenters. The van der Waals surface area contributed by atoms with Crippen LogP contribution in [0.25, 0.3) is 0 Å². The highest BCUT2D eigenvalue weighted by atomic mass is 79.9. The van der Waals surface area contributed by atoms with Crippen LogP contribution in [0.15, 0.2) is 10.7 Å². The van der Waals surface area contributed by atoms with Crippen molar-refractivity contribution < 1.29 is 4.79 Å². The molecule has 2 aromatic rings. The lowest BCUT2D eigenvalue weighted by molar-refractivity contribution is 0.102. The van der Waals surface area contributed by atoms with Crippen molar-refractivity contribution in [2.24, 2.45) is 11.3 Å². The maximum Gasteiger partial charge on any atom is 0.277 e. The van der Waals surface area contributed by atoms with Gasteiger partial charge >= 0.3 is 0 Å². The normalized spacial score (nSPS) is 16.8. The molecule has 1 atom stereocenters. The van der Waals surface area contributed by atoms with Gasteiger partial charge in [0.15, 0.2) is 5.69 Å². The number of fused-ring (bicyclic) bond motifs is 1. The summed E-state index contributed by atoms with van der Waals surface area (Å²) in [4.78, 5) is 13.9. The summed E-state index contributed by atoms with van der Waals surface area (Å²) in [6.07, 6.45) is 4.75. The summed E-state index contributed by atoms with van der Waals surface area (Å²) >= 11 is 4.93. The minimum absolute atomic E-state index is 0.246. The molecule has 0 saturated carbocycles. The molecule has 0 bridgehead atoms. The van der Waals surface area contributed by atoms with Crippen molar-refractivity contribution in [1.29, 1.82) is 5.26 Å². The molecule has 0 fully saturated rings. The minimum Gasteiger partial charge on any atom is -0.311 e. The Morgan fingerprint density at radius 3 is 2.85 bits per heavy atom. The molecule has 0 aromatic carbocycles. The fourth-order valence-electron chi connectivity index (χ4n) is 3.41. The van der Waals surface area contributed by atoms with Gasteiger partial charge in [0, 0.05) is 17.6 Å². The van der Waals surface area contributed by atoms with Crippen molar-refractivity contribution in [3.05, 3.63) is 32.4 Å². The molecular weight excluding hydrogens is 412 g/mol. The first-order valence-electron chi connectivity index (χ1n) is 8.83. The van der Waals surface area contributed by atoms with Gasteiger partial charge in [-0.1, -0.05) is 20.8 Å². The average molecular weight is 435 g/mol. The van der Waals surface area contributed by atoms with E-state index in [1.54, 1.807) is 22.2 Å². The number of nitrogens with one attached hydrogen (secondary N) is 1. The number of anilines is 1. The SMILES string of the molecule is CCn1cc(Br)c(C(=O)Nc2sc3c(c2C#N)CC[C@H](C(C)(C)C)C3)n1. The van der Waals surface area contributed by atoms with Gasteiger partial charge in [-0.15, -0.1) is 11.3 Å². The monoisotopic (exact) mass is 434 g/mol. The molecule has 5 nitrogen and oxygen atoms in total. The lowest BCUT2D eigenvalue weighted by atomic mass is 9.72. The maximum absolute atomic E-state index is 12.6. The molecule has 0 radical (unpaired) electrons. The summed E-state index contributed by atoms with van der Waals surface area (Å²) in [5.41, 5.74) is 2.33. The number of carbonyl (C=O) groups excluding carboxylic acids is 1. The van der Waals surface area contributed by atoms with E-state index in [1.807, 2.05) is 6.92 Å². The van der Waals surface area contributed by atoms with E-state index in [9.17, 15) is 10.1 Å². The number of amides is 1. The van der Waals surface area contributed by atoms with Gasteiger partial charge in [0.25, 0.3) is 5.91 Å². The molecule has 1 aliphatic rings. The molecule has 3 rings (SSSR count). The number of halogens is 1. The second-order valence-electron chi connectivity index (χ2n) is 7.76.